The standard InChI is InChI=1S/C31H33NO8/c1-4-36-25-16-20(7-9-23(25)38-13-11-19(2)3)28-27(30(34)31(35)32(28)18-22-6-5-12-37-22)29(33)21-8-10-24-26(17-21)40-15-14-39-24/h5-10,12,16-17,19,28,33H,4,11,13-15,18H2,1-3H3/b29-27+. The summed E-state index contributed by atoms with van der Waals surface area (Å²) < 4.78 is 28.6. The highest BCUT2D eigenvalue weighted by molar-refractivity contribution is 6.46. The topological polar surface area (TPSA) is 108 Å². The molecule has 0 radical (unpaired) electrons. The summed E-state index contributed by atoms with van der Waals surface area (Å²) in [4.78, 5) is 28.2. The fourth-order valence-electron chi connectivity index (χ4n) is 4.79. The van der Waals surface area contributed by atoms with Crippen LogP contribution in [0.15, 0.2) is 64.8 Å². The lowest BCUT2D eigenvalue weighted by Gasteiger charge is -2.25. The smallest absolute Gasteiger partial charge is 0.296 e. The molecule has 3 heterocycles. The number of hydrogen-bond donors (Lipinski definition) is 1. The molecule has 3 aromatic rings. The molecule has 1 fully saturated rings. The fourth-order valence-corrected chi connectivity index (χ4v) is 4.79. The van der Waals surface area contributed by atoms with Crippen LogP contribution < -0.4 is 18.9 Å². The van der Waals surface area contributed by atoms with E-state index in [9.17, 15) is 14.7 Å². The van der Waals surface area contributed by atoms with Crippen molar-refractivity contribution in [1.82, 2.24) is 4.90 Å². The Morgan fingerprint density at radius 1 is 1.02 bits per heavy atom. The van der Waals surface area contributed by atoms with Gasteiger partial charge in [-0.3, -0.25) is 9.59 Å². The minimum atomic E-state index is -0.901. The van der Waals surface area contributed by atoms with Crippen LogP contribution in [0, 0.1) is 5.92 Å². The molecule has 2 aromatic carbocycles. The Balaban J connectivity index is 1.59. The number of aliphatic hydroxyl groups is 1. The lowest BCUT2D eigenvalue weighted by molar-refractivity contribution is -0.140. The Labute approximate surface area is 232 Å². The number of likely N-dealkylation sites (tertiary alicyclic amines) is 1. The molecule has 2 aliphatic heterocycles. The highest BCUT2D eigenvalue weighted by Gasteiger charge is 2.46. The van der Waals surface area contributed by atoms with E-state index in [4.69, 9.17) is 23.4 Å². The minimum absolute atomic E-state index is 0.0378. The Morgan fingerprint density at radius 2 is 1.82 bits per heavy atom. The van der Waals surface area contributed by atoms with Crippen LogP contribution in [0.25, 0.3) is 5.76 Å². The van der Waals surface area contributed by atoms with Gasteiger partial charge in [0.25, 0.3) is 11.7 Å². The molecule has 5 rings (SSSR count). The third-order valence-electron chi connectivity index (χ3n) is 6.80. The maximum absolute atomic E-state index is 13.5. The largest absolute Gasteiger partial charge is 0.507 e. The normalized spacial score (nSPS) is 17.9. The number of carbonyl (C=O) groups is 2. The van der Waals surface area contributed by atoms with Gasteiger partial charge in [-0.25, -0.2) is 0 Å². The average Bonchev–Trinajstić information content (AvgIpc) is 3.55. The van der Waals surface area contributed by atoms with Crippen LogP contribution in [0.1, 0.15) is 50.1 Å². The number of amides is 1. The van der Waals surface area contributed by atoms with E-state index >= 15 is 0 Å². The second kappa shape index (κ2) is 11.8. The van der Waals surface area contributed by atoms with Gasteiger partial charge in [-0.2, -0.15) is 0 Å². The van der Waals surface area contributed by atoms with Crippen LogP contribution >= 0.6 is 0 Å². The van der Waals surface area contributed by atoms with Crippen molar-refractivity contribution in [3.63, 3.8) is 0 Å². The van der Waals surface area contributed by atoms with Crippen molar-refractivity contribution in [3.8, 4) is 23.0 Å². The van der Waals surface area contributed by atoms with Crippen molar-refractivity contribution in [1.29, 1.82) is 0 Å². The summed E-state index contributed by atoms with van der Waals surface area (Å²) in [5, 5.41) is 11.5. The van der Waals surface area contributed by atoms with Crippen molar-refractivity contribution in [2.45, 2.75) is 39.8 Å². The van der Waals surface area contributed by atoms with Crippen LogP contribution in [0.3, 0.4) is 0 Å². The summed E-state index contributed by atoms with van der Waals surface area (Å²) in [5.74, 6) is 1.21. The number of nitrogens with zero attached hydrogens (tertiary/aromatic N) is 1. The molecule has 1 aromatic heterocycles. The number of hydrogen-bond acceptors (Lipinski definition) is 8. The van der Waals surface area contributed by atoms with Gasteiger partial charge < -0.3 is 33.4 Å². The molecule has 1 saturated heterocycles. The van der Waals surface area contributed by atoms with Crippen LogP contribution in [-0.2, 0) is 16.1 Å². The Morgan fingerprint density at radius 3 is 2.55 bits per heavy atom. The predicted octanol–water partition coefficient (Wildman–Crippen LogP) is 5.50. The summed E-state index contributed by atoms with van der Waals surface area (Å²) in [6.07, 6.45) is 2.39. The highest BCUT2D eigenvalue weighted by Crippen LogP contribution is 2.44. The molecule has 1 N–H and O–H groups in total. The lowest BCUT2D eigenvalue weighted by atomic mass is 9.94. The Hall–Kier alpha value is -4.40. The van der Waals surface area contributed by atoms with Gasteiger partial charge in [0.2, 0.25) is 0 Å². The molecule has 9 nitrogen and oxygen atoms in total. The zero-order valence-electron chi connectivity index (χ0n) is 22.8. The molecule has 0 aliphatic carbocycles. The number of ketones is 1. The van der Waals surface area contributed by atoms with Crippen molar-refractivity contribution in [2.75, 3.05) is 26.4 Å². The van der Waals surface area contributed by atoms with Crippen molar-refractivity contribution in [2.24, 2.45) is 5.92 Å². The van der Waals surface area contributed by atoms with Crippen LogP contribution in [0.2, 0.25) is 0 Å². The zero-order chi connectivity index (χ0) is 28.2. The summed E-state index contributed by atoms with van der Waals surface area (Å²) in [5.41, 5.74) is 0.887. The van der Waals surface area contributed by atoms with Crippen molar-refractivity contribution < 1.29 is 38.1 Å². The maximum Gasteiger partial charge on any atom is 0.296 e. The summed E-state index contributed by atoms with van der Waals surface area (Å²) in [7, 11) is 0. The number of benzene rings is 2. The summed E-state index contributed by atoms with van der Waals surface area (Å²) >= 11 is 0. The first-order chi connectivity index (χ1) is 19.4. The number of fused-ring (bicyclic) bond motifs is 1. The Kier molecular flexibility index (Phi) is 8.00. The fraction of sp³-hybridized carbons (Fsp3) is 0.355. The van der Waals surface area contributed by atoms with Gasteiger partial charge in [0.15, 0.2) is 23.0 Å². The van der Waals surface area contributed by atoms with Gasteiger partial charge in [0.05, 0.1) is 37.6 Å². The molecule has 1 unspecified atom stereocenters. The molecule has 0 bridgehead atoms. The first-order valence-corrected chi connectivity index (χ1v) is 13.5. The third kappa shape index (κ3) is 5.50. The minimum Gasteiger partial charge on any atom is -0.507 e. The van der Waals surface area contributed by atoms with Gasteiger partial charge in [-0.05, 0) is 67.3 Å². The SMILES string of the molecule is CCOc1cc(C2/C(=C(\O)c3ccc4c(c3)OCCO4)C(=O)C(=O)N2Cc2ccco2)ccc1OCCC(C)C. The van der Waals surface area contributed by atoms with E-state index < -0.39 is 17.7 Å². The Bertz CT molecular complexity index is 1410. The molecule has 1 atom stereocenters. The molecule has 9 heteroatoms. The summed E-state index contributed by atoms with van der Waals surface area (Å²) in [6, 6.07) is 12.8. The van der Waals surface area contributed by atoms with Gasteiger partial charge in [0, 0.05) is 5.56 Å². The average molecular weight is 548 g/mol. The second-order valence-electron chi connectivity index (χ2n) is 10.0. The number of aliphatic hydroxyl groups excluding tert-OH is 1. The molecule has 0 saturated carbocycles. The molecular weight excluding hydrogens is 514 g/mol. The van der Waals surface area contributed by atoms with Gasteiger partial charge in [-0.1, -0.05) is 19.9 Å². The maximum atomic E-state index is 13.5. The van der Waals surface area contributed by atoms with Crippen molar-refractivity contribution in [3.05, 3.63) is 77.3 Å². The van der Waals surface area contributed by atoms with E-state index in [0.717, 1.165) is 6.42 Å². The predicted molar refractivity (Wildman–Crippen MR) is 147 cm³/mol. The van der Waals surface area contributed by atoms with Gasteiger partial charge in [0.1, 0.15) is 24.7 Å². The number of ether oxygens (including phenoxy) is 4. The number of rotatable bonds is 10. The van der Waals surface area contributed by atoms with Crippen molar-refractivity contribution >= 4 is 17.4 Å². The molecular formula is C31H33NO8. The third-order valence-corrected chi connectivity index (χ3v) is 6.80. The zero-order valence-corrected chi connectivity index (χ0v) is 22.8. The monoisotopic (exact) mass is 547 g/mol. The van der Waals surface area contributed by atoms with Crippen LogP contribution in [0.5, 0.6) is 23.0 Å². The van der Waals surface area contributed by atoms with E-state index in [1.54, 1.807) is 48.5 Å². The lowest BCUT2D eigenvalue weighted by Crippen LogP contribution is -2.29. The van der Waals surface area contributed by atoms with Crippen LogP contribution in [-0.4, -0.2) is 48.1 Å². The van der Waals surface area contributed by atoms with Gasteiger partial charge >= 0.3 is 0 Å². The molecule has 1 amide bonds. The molecule has 0 spiro atoms. The van der Waals surface area contributed by atoms with E-state index in [1.165, 1.54) is 11.2 Å². The van der Waals surface area contributed by atoms with Gasteiger partial charge in [-0.15, -0.1) is 0 Å². The number of carbonyl (C=O) groups excluding carboxylic acids is 2. The quantitative estimate of drug-likeness (QED) is 0.202. The molecule has 2 aliphatic rings. The van der Waals surface area contributed by atoms with E-state index in [2.05, 4.69) is 13.8 Å². The molecule has 210 valence electrons. The first kappa shape index (κ1) is 27.2. The summed E-state index contributed by atoms with van der Waals surface area (Å²) in [6.45, 7) is 7.88. The first-order valence-electron chi connectivity index (χ1n) is 13.5. The van der Waals surface area contributed by atoms with E-state index in [1.807, 2.05) is 6.92 Å². The van der Waals surface area contributed by atoms with E-state index in [0.29, 0.717) is 72.2 Å². The number of furan rings is 1. The van der Waals surface area contributed by atoms with E-state index in [-0.39, 0.29) is 17.9 Å². The van der Waals surface area contributed by atoms with Crippen LogP contribution in [0.4, 0.5) is 0 Å². The number of Topliss-reactive ketones (excluding diaryl/α,β-unsaturated/α-hetero) is 1. The second-order valence-corrected chi connectivity index (χ2v) is 10.0. The molecule has 40 heavy (non-hydrogen) atoms. The highest BCUT2D eigenvalue weighted by atomic mass is 16.6.